The fourth-order valence-electron chi connectivity index (χ4n) is 4.29. The number of amides is 2. The van der Waals surface area contributed by atoms with Gasteiger partial charge in [-0.2, -0.15) is 0 Å². The molecule has 1 aliphatic heterocycles. The molecule has 146 valence electrons. The van der Waals surface area contributed by atoms with E-state index in [4.69, 9.17) is 0 Å². The molecule has 2 aromatic rings. The number of anilines is 1. The van der Waals surface area contributed by atoms with Gasteiger partial charge in [-0.1, -0.05) is 35.9 Å². The van der Waals surface area contributed by atoms with Gasteiger partial charge in [-0.25, -0.2) is 0 Å². The maximum atomic E-state index is 12.8. The summed E-state index contributed by atoms with van der Waals surface area (Å²) >= 11 is 0. The Morgan fingerprint density at radius 1 is 1.07 bits per heavy atom. The smallest absolute Gasteiger partial charge is 0.227 e. The van der Waals surface area contributed by atoms with E-state index < -0.39 is 0 Å². The summed E-state index contributed by atoms with van der Waals surface area (Å²) in [6.07, 6.45) is 5.08. The molecule has 28 heavy (non-hydrogen) atoms. The van der Waals surface area contributed by atoms with Crippen LogP contribution in [-0.2, 0) is 22.4 Å². The van der Waals surface area contributed by atoms with Crippen molar-refractivity contribution < 1.29 is 9.59 Å². The van der Waals surface area contributed by atoms with E-state index in [2.05, 4.69) is 23.5 Å². The van der Waals surface area contributed by atoms with E-state index in [1.807, 2.05) is 38.1 Å². The predicted molar refractivity (Wildman–Crippen MR) is 111 cm³/mol. The first kappa shape index (κ1) is 18.7. The van der Waals surface area contributed by atoms with Crippen LogP contribution < -0.4 is 10.2 Å². The summed E-state index contributed by atoms with van der Waals surface area (Å²) < 4.78 is 0. The van der Waals surface area contributed by atoms with Gasteiger partial charge in [0.15, 0.2) is 0 Å². The Balaban J connectivity index is 1.41. The minimum absolute atomic E-state index is 0.0189. The van der Waals surface area contributed by atoms with E-state index in [-0.39, 0.29) is 30.2 Å². The highest BCUT2D eigenvalue weighted by atomic mass is 16.2. The summed E-state index contributed by atoms with van der Waals surface area (Å²) in [4.78, 5) is 27.0. The molecule has 0 aromatic heterocycles. The van der Waals surface area contributed by atoms with Gasteiger partial charge in [0.25, 0.3) is 0 Å². The van der Waals surface area contributed by atoms with Crippen LogP contribution in [0.5, 0.6) is 0 Å². The van der Waals surface area contributed by atoms with Crippen molar-refractivity contribution in [2.24, 2.45) is 5.92 Å². The van der Waals surface area contributed by atoms with Crippen LogP contribution in [-0.4, -0.2) is 18.4 Å². The van der Waals surface area contributed by atoms with Crippen molar-refractivity contribution in [3.05, 3.63) is 64.7 Å². The van der Waals surface area contributed by atoms with Gasteiger partial charge in [-0.05, 0) is 68.4 Å². The molecule has 1 heterocycles. The average molecular weight is 377 g/mol. The van der Waals surface area contributed by atoms with Gasteiger partial charge in [0.1, 0.15) is 0 Å². The van der Waals surface area contributed by atoms with Crippen LogP contribution in [0, 0.1) is 12.8 Å². The summed E-state index contributed by atoms with van der Waals surface area (Å²) in [6, 6.07) is 14.4. The third kappa shape index (κ3) is 3.82. The first-order valence-corrected chi connectivity index (χ1v) is 10.3. The maximum Gasteiger partial charge on any atom is 0.227 e. The Morgan fingerprint density at radius 3 is 2.54 bits per heavy atom. The molecule has 0 bridgehead atoms. The predicted octanol–water partition coefficient (Wildman–Crippen LogP) is 4.10. The molecule has 2 atom stereocenters. The standard InChI is InChI=1S/C24H28N2O2/c1-16-7-11-22(12-8-16)26-15-21(14-23(26)27)24(28)25-17(2)19-10-9-18-5-3-4-6-20(18)13-19/h7-13,17,21H,3-6,14-15H2,1-2H3,(H,25,28). The van der Waals surface area contributed by atoms with Crippen molar-refractivity contribution in [2.45, 2.75) is 52.0 Å². The molecule has 1 N–H and O–H groups in total. The molecule has 4 nitrogen and oxygen atoms in total. The zero-order chi connectivity index (χ0) is 19.7. The Kier molecular flexibility index (Phi) is 5.21. The molecule has 0 radical (unpaired) electrons. The van der Waals surface area contributed by atoms with Crippen LogP contribution in [0.25, 0.3) is 0 Å². The summed E-state index contributed by atoms with van der Waals surface area (Å²) in [5, 5.41) is 3.13. The van der Waals surface area contributed by atoms with Gasteiger partial charge in [-0.3, -0.25) is 9.59 Å². The van der Waals surface area contributed by atoms with Crippen molar-refractivity contribution in [3.8, 4) is 0 Å². The van der Waals surface area contributed by atoms with Crippen molar-refractivity contribution in [3.63, 3.8) is 0 Å². The zero-order valence-electron chi connectivity index (χ0n) is 16.7. The number of hydrogen-bond donors (Lipinski definition) is 1. The van der Waals surface area contributed by atoms with Crippen LogP contribution in [0.15, 0.2) is 42.5 Å². The van der Waals surface area contributed by atoms with Gasteiger partial charge >= 0.3 is 0 Å². The molecule has 1 saturated heterocycles. The molecule has 1 aliphatic carbocycles. The highest BCUT2D eigenvalue weighted by molar-refractivity contribution is 6.00. The van der Waals surface area contributed by atoms with Crippen molar-refractivity contribution in [1.82, 2.24) is 5.32 Å². The number of rotatable bonds is 4. The molecule has 0 spiro atoms. The largest absolute Gasteiger partial charge is 0.349 e. The first-order valence-electron chi connectivity index (χ1n) is 10.3. The number of benzene rings is 2. The molecule has 4 rings (SSSR count). The minimum Gasteiger partial charge on any atom is -0.349 e. The van der Waals surface area contributed by atoms with E-state index in [9.17, 15) is 9.59 Å². The molecule has 4 heteroatoms. The second-order valence-electron chi connectivity index (χ2n) is 8.21. The lowest BCUT2D eigenvalue weighted by atomic mass is 9.89. The number of hydrogen-bond acceptors (Lipinski definition) is 2. The quantitative estimate of drug-likeness (QED) is 0.873. The molecular formula is C24H28N2O2. The van der Waals surface area contributed by atoms with Crippen LogP contribution in [0.4, 0.5) is 5.69 Å². The molecule has 1 fully saturated rings. The monoisotopic (exact) mass is 376 g/mol. The van der Waals surface area contributed by atoms with Crippen molar-refractivity contribution >= 4 is 17.5 Å². The fraction of sp³-hybridized carbons (Fsp3) is 0.417. The Morgan fingerprint density at radius 2 is 1.79 bits per heavy atom. The topological polar surface area (TPSA) is 49.4 Å². The van der Waals surface area contributed by atoms with E-state index >= 15 is 0 Å². The summed E-state index contributed by atoms with van der Waals surface area (Å²) in [5.74, 6) is -0.313. The second kappa shape index (κ2) is 7.78. The normalized spacial score (nSPS) is 20.0. The third-order valence-electron chi connectivity index (χ3n) is 6.07. The van der Waals surface area contributed by atoms with Gasteiger partial charge < -0.3 is 10.2 Å². The Labute approximate surface area is 166 Å². The van der Waals surface area contributed by atoms with E-state index in [1.165, 1.54) is 24.0 Å². The van der Waals surface area contributed by atoms with Crippen molar-refractivity contribution in [1.29, 1.82) is 0 Å². The van der Waals surface area contributed by atoms with Gasteiger partial charge in [0.05, 0.1) is 12.0 Å². The number of nitrogens with zero attached hydrogens (tertiary/aromatic N) is 1. The lowest BCUT2D eigenvalue weighted by Gasteiger charge is -2.21. The highest BCUT2D eigenvalue weighted by Crippen LogP contribution is 2.27. The van der Waals surface area contributed by atoms with Gasteiger partial charge in [0, 0.05) is 18.7 Å². The molecule has 2 aliphatic rings. The number of fused-ring (bicyclic) bond motifs is 1. The maximum absolute atomic E-state index is 12.8. The lowest BCUT2D eigenvalue weighted by Crippen LogP contribution is -2.34. The molecular weight excluding hydrogens is 348 g/mol. The molecule has 2 aromatic carbocycles. The van der Waals surface area contributed by atoms with Crippen LogP contribution in [0.2, 0.25) is 0 Å². The molecule has 0 saturated carbocycles. The van der Waals surface area contributed by atoms with Crippen LogP contribution in [0.3, 0.4) is 0 Å². The van der Waals surface area contributed by atoms with Gasteiger partial charge in [-0.15, -0.1) is 0 Å². The Hall–Kier alpha value is -2.62. The number of nitrogens with one attached hydrogen (secondary N) is 1. The fourth-order valence-corrected chi connectivity index (χ4v) is 4.29. The van der Waals surface area contributed by atoms with Crippen molar-refractivity contribution in [2.75, 3.05) is 11.4 Å². The summed E-state index contributed by atoms with van der Waals surface area (Å²) in [5.41, 5.74) is 6.04. The zero-order valence-corrected chi connectivity index (χ0v) is 16.7. The van der Waals surface area contributed by atoms with E-state index in [0.717, 1.165) is 29.7 Å². The number of carbonyl (C=O) groups is 2. The lowest BCUT2D eigenvalue weighted by molar-refractivity contribution is -0.126. The molecule has 2 unspecified atom stereocenters. The number of aryl methyl sites for hydroxylation is 3. The number of carbonyl (C=O) groups excluding carboxylic acids is 2. The average Bonchev–Trinajstić information content (AvgIpc) is 3.10. The molecule has 2 amide bonds. The summed E-state index contributed by atoms with van der Waals surface area (Å²) in [7, 11) is 0. The Bertz CT molecular complexity index is 888. The first-order chi connectivity index (χ1) is 13.5. The SMILES string of the molecule is Cc1ccc(N2CC(C(=O)NC(C)c3ccc4c(c3)CCCC4)CC2=O)cc1. The van der Waals surface area contributed by atoms with Gasteiger partial charge in [0.2, 0.25) is 11.8 Å². The second-order valence-corrected chi connectivity index (χ2v) is 8.21. The summed E-state index contributed by atoms with van der Waals surface area (Å²) in [6.45, 7) is 4.50. The van der Waals surface area contributed by atoms with E-state index in [1.54, 1.807) is 4.90 Å². The van der Waals surface area contributed by atoms with Crippen LogP contribution in [0.1, 0.15) is 54.5 Å². The van der Waals surface area contributed by atoms with Crippen LogP contribution >= 0.6 is 0 Å². The highest BCUT2D eigenvalue weighted by Gasteiger charge is 2.35. The minimum atomic E-state index is -0.297. The van der Waals surface area contributed by atoms with E-state index in [0.29, 0.717) is 6.54 Å². The third-order valence-corrected chi connectivity index (χ3v) is 6.07.